The summed E-state index contributed by atoms with van der Waals surface area (Å²) in [5, 5.41) is 0. The van der Waals surface area contributed by atoms with Crippen molar-refractivity contribution in [2.45, 2.75) is 39.5 Å². The number of carbonyl (C=O) groups is 2. The van der Waals surface area contributed by atoms with Crippen molar-refractivity contribution in [3.63, 3.8) is 0 Å². The molecule has 4 nitrogen and oxygen atoms in total. The summed E-state index contributed by atoms with van der Waals surface area (Å²) in [6, 6.07) is 15.2. The molecule has 0 N–H and O–H groups in total. The van der Waals surface area contributed by atoms with Crippen molar-refractivity contribution in [1.82, 2.24) is 0 Å². The van der Waals surface area contributed by atoms with Crippen LogP contribution in [0.4, 0.5) is 0 Å². The third-order valence-corrected chi connectivity index (χ3v) is 4.53. The topological polar surface area (TPSA) is 52.6 Å². The van der Waals surface area contributed by atoms with Crippen LogP contribution >= 0.6 is 0 Å². The Morgan fingerprint density at radius 2 is 1.53 bits per heavy atom. The van der Waals surface area contributed by atoms with Gasteiger partial charge in [0.1, 0.15) is 5.75 Å². The molecule has 0 aliphatic heterocycles. The Balaban J connectivity index is 1.63. The minimum absolute atomic E-state index is 0.00952. The van der Waals surface area contributed by atoms with Crippen LogP contribution in [0.5, 0.6) is 5.75 Å². The predicted octanol–water partition coefficient (Wildman–Crippen LogP) is 5.95. The lowest BCUT2D eigenvalue weighted by molar-refractivity contribution is -0.139. The molecule has 0 unspecified atom stereocenters. The third kappa shape index (κ3) is 8.48. The van der Waals surface area contributed by atoms with Crippen LogP contribution in [0.2, 0.25) is 0 Å². The van der Waals surface area contributed by atoms with Crippen molar-refractivity contribution in [2.75, 3.05) is 13.2 Å². The van der Waals surface area contributed by atoms with E-state index >= 15 is 0 Å². The van der Waals surface area contributed by atoms with Gasteiger partial charge in [0.25, 0.3) is 0 Å². The van der Waals surface area contributed by atoms with Crippen LogP contribution in [0.15, 0.2) is 66.8 Å². The summed E-state index contributed by atoms with van der Waals surface area (Å²) in [5.74, 6) is 0.480. The first kappa shape index (κ1) is 23.1. The third-order valence-electron chi connectivity index (χ3n) is 4.53. The van der Waals surface area contributed by atoms with Gasteiger partial charge in [-0.2, -0.15) is 0 Å². The van der Waals surface area contributed by atoms with Crippen LogP contribution in [0.3, 0.4) is 0 Å². The average molecular weight is 407 g/mol. The van der Waals surface area contributed by atoms with E-state index in [9.17, 15) is 9.59 Å². The minimum Gasteiger partial charge on any atom is -0.494 e. The van der Waals surface area contributed by atoms with Crippen molar-refractivity contribution in [3.8, 4) is 5.75 Å². The van der Waals surface area contributed by atoms with E-state index in [0.29, 0.717) is 24.4 Å². The summed E-state index contributed by atoms with van der Waals surface area (Å²) in [6.07, 6.45) is 7.21. The highest BCUT2D eigenvalue weighted by molar-refractivity contribution is 6.06. The van der Waals surface area contributed by atoms with Crippen LogP contribution in [0, 0.1) is 6.92 Å². The quantitative estimate of drug-likeness (QED) is 0.189. The second-order valence-corrected chi connectivity index (χ2v) is 7.31. The van der Waals surface area contributed by atoms with Gasteiger partial charge in [-0.25, -0.2) is 4.79 Å². The Hall–Kier alpha value is -3.14. The number of rotatable bonds is 12. The maximum absolute atomic E-state index is 12.2. The summed E-state index contributed by atoms with van der Waals surface area (Å²) < 4.78 is 10.8. The van der Waals surface area contributed by atoms with E-state index in [1.807, 2.05) is 61.5 Å². The molecular weight excluding hydrogens is 376 g/mol. The van der Waals surface area contributed by atoms with Gasteiger partial charge in [0, 0.05) is 11.1 Å². The van der Waals surface area contributed by atoms with E-state index < -0.39 is 0 Å². The molecular formula is C26H30O4. The Morgan fingerprint density at radius 3 is 2.17 bits per heavy atom. The summed E-state index contributed by atoms with van der Waals surface area (Å²) >= 11 is 0. The van der Waals surface area contributed by atoms with Gasteiger partial charge >= 0.3 is 5.97 Å². The number of unbranched alkanes of at least 4 members (excludes halogenated alkanes) is 3. The van der Waals surface area contributed by atoms with E-state index in [2.05, 4.69) is 6.58 Å². The summed E-state index contributed by atoms with van der Waals surface area (Å²) in [6.45, 7) is 8.28. The van der Waals surface area contributed by atoms with E-state index in [4.69, 9.17) is 9.47 Å². The molecule has 0 atom stereocenters. The first-order chi connectivity index (χ1) is 14.5. The van der Waals surface area contributed by atoms with Crippen molar-refractivity contribution in [2.24, 2.45) is 0 Å². The summed E-state index contributed by atoms with van der Waals surface area (Å²) in [7, 11) is 0. The monoisotopic (exact) mass is 406 g/mol. The number of benzene rings is 2. The first-order valence-electron chi connectivity index (χ1n) is 10.3. The molecule has 0 bridgehead atoms. The number of aryl methyl sites for hydroxylation is 1. The Morgan fingerprint density at radius 1 is 0.900 bits per heavy atom. The van der Waals surface area contributed by atoms with Gasteiger partial charge < -0.3 is 9.47 Å². The fourth-order valence-corrected chi connectivity index (χ4v) is 2.70. The second kappa shape index (κ2) is 12.4. The number of ether oxygens (including phenoxy) is 2. The molecule has 2 rings (SSSR count). The van der Waals surface area contributed by atoms with Crippen LogP contribution in [-0.4, -0.2) is 25.0 Å². The molecule has 158 valence electrons. The molecule has 2 aromatic carbocycles. The molecule has 4 heteroatoms. The van der Waals surface area contributed by atoms with Crippen LogP contribution in [0.1, 0.15) is 54.1 Å². The standard InChI is InChI=1S/C26H30O4/c1-20(2)26(28)30-19-7-5-4-6-18-29-24-15-10-22(11-16-24)12-17-25(27)23-13-8-21(3)9-14-23/h8-17H,1,4-7,18-19H2,2-3H3/b17-12+. The van der Waals surface area contributed by atoms with Gasteiger partial charge in [-0.3, -0.25) is 4.79 Å². The zero-order valence-corrected chi connectivity index (χ0v) is 17.9. The molecule has 30 heavy (non-hydrogen) atoms. The number of hydrogen-bond donors (Lipinski definition) is 0. The molecule has 0 aliphatic carbocycles. The largest absolute Gasteiger partial charge is 0.494 e. The van der Waals surface area contributed by atoms with Gasteiger partial charge in [-0.05, 0) is 63.3 Å². The highest BCUT2D eigenvalue weighted by Gasteiger charge is 2.02. The Kier molecular flexibility index (Phi) is 9.59. The Labute approximate surface area is 179 Å². The molecule has 0 spiro atoms. The molecule has 0 aromatic heterocycles. The number of esters is 1. The molecule has 0 fully saturated rings. The average Bonchev–Trinajstić information content (AvgIpc) is 2.75. The zero-order chi connectivity index (χ0) is 21.8. The van der Waals surface area contributed by atoms with Gasteiger partial charge in [-0.15, -0.1) is 0 Å². The lowest BCUT2D eigenvalue weighted by atomic mass is 10.1. The van der Waals surface area contributed by atoms with Crippen molar-refractivity contribution in [3.05, 3.63) is 83.4 Å². The van der Waals surface area contributed by atoms with Crippen LogP contribution in [0.25, 0.3) is 6.08 Å². The molecule has 0 saturated carbocycles. The van der Waals surface area contributed by atoms with Crippen molar-refractivity contribution < 1.29 is 19.1 Å². The smallest absolute Gasteiger partial charge is 0.333 e. The van der Waals surface area contributed by atoms with Crippen molar-refractivity contribution in [1.29, 1.82) is 0 Å². The minimum atomic E-state index is -0.323. The van der Waals surface area contributed by atoms with Gasteiger partial charge in [0.05, 0.1) is 13.2 Å². The highest BCUT2D eigenvalue weighted by atomic mass is 16.5. The number of hydrogen-bond acceptors (Lipinski definition) is 4. The SMILES string of the molecule is C=C(C)C(=O)OCCCCCCOc1ccc(/C=C/C(=O)c2ccc(C)cc2)cc1. The summed E-state index contributed by atoms with van der Waals surface area (Å²) in [5.41, 5.74) is 3.20. The predicted molar refractivity (Wildman–Crippen MR) is 121 cm³/mol. The van der Waals surface area contributed by atoms with Crippen LogP contribution < -0.4 is 4.74 Å². The van der Waals surface area contributed by atoms with E-state index in [1.54, 1.807) is 13.0 Å². The van der Waals surface area contributed by atoms with Crippen LogP contribution in [-0.2, 0) is 9.53 Å². The zero-order valence-electron chi connectivity index (χ0n) is 17.9. The normalized spacial score (nSPS) is 10.7. The molecule has 0 amide bonds. The van der Waals surface area contributed by atoms with E-state index in [-0.39, 0.29) is 11.8 Å². The summed E-state index contributed by atoms with van der Waals surface area (Å²) in [4.78, 5) is 23.4. The van der Waals surface area contributed by atoms with Crippen molar-refractivity contribution >= 4 is 17.8 Å². The highest BCUT2D eigenvalue weighted by Crippen LogP contribution is 2.15. The van der Waals surface area contributed by atoms with Gasteiger partial charge in [-0.1, -0.05) is 54.6 Å². The Bertz CT molecular complexity index is 861. The molecule has 2 aromatic rings. The van der Waals surface area contributed by atoms with E-state index in [1.165, 1.54) is 0 Å². The lowest BCUT2D eigenvalue weighted by Gasteiger charge is -2.07. The molecule has 0 saturated heterocycles. The lowest BCUT2D eigenvalue weighted by Crippen LogP contribution is -2.06. The number of ketones is 1. The fourth-order valence-electron chi connectivity index (χ4n) is 2.70. The molecule has 0 aliphatic rings. The number of allylic oxidation sites excluding steroid dienone is 1. The van der Waals surface area contributed by atoms with Gasteiger partial charge in [0.15, 0.2) is 5.78 Å². The fraction of sp³-hybridized carbons (Fsp3) is 0.308. The maximum Gasteiger partial charge on any atom is 0.333 e. The molecule has 0 heterocycles. The maximum atomic E-state index is 12.2. The number of carbonyl (C=O) groups excluding carboxylic acids is 2. The molecule has 0 radical (unpaired) electrons. The van der Waals surface area contributed by atoms with E-state index in [0.717, 1.165) is 42.6 Å². The first-order valence-corrected chi connectivity index (χ1v) is 10.3. The second-order valence-electron chi connectivity index (χ2n) is 7.31. The van der Waals surface area contributed by atoms with Gasteiger partial charge in [0.2, 0.25) is 0 Å².